The molecule has 0 aliphatic heterocycles. The van der Waals surface area contributed by atoms with Gasteiger partial charge in [0.25, 0.3) is 0 Å². The summed E-state index contributed by atoms with van der Waals surface area (Å²) >= 11 is 0. The zero-order chi connectivity index (χ0) is 29.5. The van der Waals surface area contributed by atoms with Crippen LogP contribution in [0.4, 0.5) is 0 Å². The van der Waals surface area contributed by atoms with Crippen molar-refractivity contribution in [1.82, 2.24) is 0 Å². The van der Waals surface area contributed by atoms with Crippen LogP contribution < -0.4 is 51.4 Å². The van der Waals surface area contributed by atoms with Gasteiger partial charge in [-0.15, -0.1) is 0 Å². The number of carbonyl (C=O) groups is 2. The molecule has 9 heteroatoms. The van der Waals surface area contributed by atoms with Gasteiger partial charge in [-0.3, -0.25) is 0 Å². The van der Waals surface area contributed by atoms with E-state index in [0.717, 1.165) is 44.6 Å². The minimum atomic E-state index is -5.03. The van der Waals surface area contributed by atoms with Crippen molar-refractivity contribution in [3.05, 3.63) is 53.6 Å². The Morgan fingerprint density at radius 1 is 0.683 bits per heavy atom. The summed E-state index contributed by atoms with van der Waals surface area (Å²) in [7, 11) is -5.03. The first kappa shape index (κ1) is 40.2. The van der Waals surface area contributed by atoms with E-state index in [4.69, 9.17) is 9.47 Å². The second-order valence-corrected chi connectivity index (χ2v) is 11.4. The van der Waals surface area contributed by atoms with Gasteiger partial charge in [-0.25, -0.2) is 18.0 Å². The summed E-state index contributed by atoms with van der Waals surface area (Å²) in [5.74, 6) is -1.95. The van der Waals surface area contributed by atoms with Gasteiger partial charge in [0.15, 0.2) is 0 Å². The Morgan fingerprint density at radius 2 is 1.12 bits per heavy atom. The van der Waals surface area contributed by atoms with Crippen molar-refractivity contribution in [2.45, 2.75) is 121 Å². The van der Waals surface area contributed by atoms with Crippen molar-refractivity contribution in [2.24, 2.45) is 0 Å². The first-order valence-corrected chi connectivity index (χ1v) is 16.5. The third-order valence-electron chi connectivity index (χ3n) is 6.62. The molecule has 0 saturated carbocycles. The molecule has 1 rings (SSSR count). The smallest absolute Gasteiger partial charge is 0.744 e. The van der Waals surface area contributed by atoms with E-state index in [1.165, 1.54) is 76.3 Å². The van der Waals surface area contributed by atoms with E-state index < -0.39 is 32.5 Å². The van der Waals surface area contributed by atoms with Crippen molar-refractivity contribution in [3.8, 4) is 0 Å². The number of allylic oxidation sites excluding steroid dienone is 2. The van der Waals surface area contributed by atoms with Crippen LogP contribution in [-0.2, 0) is 19.6 Å². The van der Waals surface area contributed by atoms with E-state index in [-0.39, 0.29) is 70.2 Å². The van der Waals surface area contributed by atoms with Crippen molar-refractivity contribution in [1.29, 1.82) is 0 Å². The third-order valence-corrected chi connectivity index (χ3v) is 7.50. The van der Waals surface area contributed by atoms with Crippen LogP contribution in [-0.4, -0.2) is 38.1 Å². The molecule has 0 spiro atoms. The van der Waals surface area contributed by atoms with Crippen LogP contribution >= 0.6 is 0 Å². The number of ether oxygens (including phenoxy) is 2. The molecule has 0 aliphatic rings. The number of benzene rings is 1. The van der Waals surface area contributed by atoms with Crippen molar-refractivity contribution >= 4 is 22.1 Å². The molecule has 0 heterocycles. The molecular weight excluding hydrogens is 568 g/mol. The molecule has 1 aromatic carbocycles. The summed E-state index contributed by atoms with van der Waals surface area (Å²) in [5.41, 5.74) is -0.899. The Balaban J connectivity index is 0.0000160. The van der Waals surface area contributed by atoms with Gasteiger partial charge in [0, 0.05) is 0 Å². The normalized spacial score (nSPS) is 11.6. The second-order valence-electron chi connectivity index (χ2n) is 10.1. The molecule has 0 saturated heterocycles. The number of esters is 2. The summed E-state index contributed by atoms with van der Waals surface area (Å²) in [5, 5.41) is 0. The predicted octanol–water partition coefficient (Wildman–Crippen LogP) is 5.30. The van der Waals surface area contributed by atoms with Gasteiger partial charge >= 0.3 is 63.3 Å². The van der Waals surface area contributed by atoms with Crippen LogP contribution in [0.15, 0.2) is 47.4 Å². The molecule has 0 atom stereocenters. The van der Waals surface area contributed by atoms with Crippen LogP contribution in [0.2, 0.25) is 0 Å². The molecule has 0 N–H and O–H groups in total. The molecule has 0 amide bonds. The zero-order valence-electron chi connectivity index (χ0n) is 25.5. The molecule has 0 aliphatic carbocycles. The fraction of sp³-hybridized carbons (Fsp3) is 0.625. The van der Waals surface area contributed by atoms with Gasteiger partial charge in [0.1, 0.15) is 23.3 Å². The maximum Gasteiger partial charge on any atom is 1.00 e. The third kappa shape index (κ3) is 19.2. The van der Waals surface area contributed by atoms with Crippen molar-refractivity contribution < 1.29 is 83.4 Å². The summed E-state index contributed by atoms with van der Waals surface area (Å²) in [6.45, 7) is 4.27. The number of carbonyl (C=O) groups excluding carboxylic acids is 2. The average Bonchev–Trinajstić information content (AvgIpc) is 2.93. The monoisotopic (exact) mass is 616 g/mol. The minimum absolute atomic E-state index is 0. The fourth-order valence-electron chi connectivity index (χ4n) is 4.33. The maximum absolute atomic E-state index is 12.8. The molecule has 41 heavy (non-hydrogen) atoms. The van der Waals surface area contributed by atoms with E-state index in [1.54, 1.807) is 12.2 Å². The van der Waals surface area contributed by atoms with Crippen LogP contribution in [0.3, 0.4) is 0 Å². The van der Waals surface area contributed by atoms with Crippen LogP contribution in [0, 0.1) is 0 Å². The van der Waals surface area contributed by atoms with Gasteiger partial charge in [0.2, 0.25) is 0 Å². The van der Waals surface area contributed by atoms with Crippen molar-refractivity contribution in [2.75, 3.05) is 13.2 Å². The summed E-state index contributed by atoms with van der Waals surface area (Å²) < 4.78 is 45.8. The SMILES string of the molecule is CCCCCCCCC/C=C/COC(=O)c1cccc(S(=O)(=O)[O-])c1C(=O)OC/C=C/CCCCCCCCC.[K+]. The number of hydrogen-bond donors (Lipinski definition) is 0. The molecular formula is C32H49KO7S. The molecule has 0 unspecified atom stereocenters. The van der Waals surface area contributed by atoms with Gasteiger partial charge in [-0.2, -0.15) is 0 Å². The standard InChI is InChI=1S/C32H50O7S.K/c1-3-5-7-9-11-13-15-17-19-21-26-38-31(33)28-24-23-25-29(40(35,36)37)30(28)32(34)39-27-22-20-18-16-14-12-10-8-6-4-2;/h19-25H,3-18,26-27H2,1-2H3,(H,35,36,37);/q;+1/p-1/b21-19+,22-20+;. The van der Waals surface area contributed by atoms with Crippen molar-refractivity contribution in [3.63, 3.8) is 0 Å². The van der Waals surface area contributed by atoms with E-state index in [9.17, 15) is 22.6 Å². The van der Waals surface area contributed by atoms with Crippen LogP contribution in [0.1, 0.15) is 137 Å². The van der Waals surface area contributed by atoms with Gasteiger partial charge in [-0.05, 0) is 37.8 Å². The van der Waals surface area contributed by atoms with E-state index in [1.807, 2.05) is 12.2 Å². The molecule has 226 valence electrons. The average molecular weight is 617 g/mol. The Kier molecular flexibility index (Phi) is 25.2. The topological polar surface area (TPSA) is 110 Å². The van der Waals surface area contributed by atoms with E-state index >= 15 is 0 Å². The molecule has 0 bridgehead atoms. The van der Waals surface area contributed by atoms with Gasteiger partial charge in [-0.1, -0.05) is 121 Å². The van der Waals surface area contributed by atoms with E-state index in [2.05, 4.69) is 13.8 Å². The Morgan fingerprint density at radius 3 is 1.59 bits per heavy atom. The predicted molar refractivity (Wildman–Crippen MR) is 158 cm³/mol. The second kappa shape index (κ2) is 25.7. The first-order chi connectivity index (χ1) is 19.3. The largest absolute Gasteiger partial charge is 1.00 e. The Labute approximate surface area is 291 Å². The molecule has 0 radical (unpaired) electrons. The molecule has 1 aromatic rings. The zero-order valence-corrected chi connectivity index (χ0v) is 29.5. The minimum Gasteiger partial charge on any atom is -0.744 e. The van der Waals surface area contributed by atoms with E-state index in [0.29, 0.717) is 0 Å². The van der Waals surface area contributed by atoms with Gasteiger partial charge < -0.3 is 14.0 Å². The molecule has 0 aromatic heterocycles. The van der Waals surface area contributed by atoms with Crippen LogP contribution in [0.25, 0.3) is 0 Å². The summed E-state index contributed by atoms with van der Waals surface area (Å²) in [6.07, 6.45) is 25.9. The van der Waals surface area contributed by atoms with Crippen LogP contribution in [0.5, 0.6) is 0 Å². The molecule has 7 nitrogen and oxygen atoms in total. The quantitative estimate of drug-likeness (QED) is 0.0539. The summed E-state index contributed by atoms with van der Waals surface area (Å²) in [4.78, 5) is 24.7. The first-order valence-electron chi connectivity index (χ1n) is 15.1. The maximum atomic E-state index is 12.8. The van der Waals surface area contributed by atoms with Gasteiger partial charge in [0.05, 0.1) is 16.0 Å². The fourth-order valence-corrected chi connectivity index (χ4v) is 5.02. The summed E-state index contributed by atoms with van der Waals surface area (Å²) in [6, 6.07) is 3.48. The molecule has 0 fully saturated rings. The number of rotatable bonds is 23. The number of hydrogen-bond acceptors (Lipinski definition) is 7. The number of unbranched alkanes of at least 4 members (excludes halogenated alkanes) is 14. The Bertz CT molecular complexity index is 1020. The Hall–Kier alpha value is -0.814.